The topological polar surface area (TPSA) is 88.5 Å². The summed E-state index contributed by atoms with van der Waals surface area (Å²) in [4.78, 5) is 16.7. The summed E-state index contributed by atoms with van der Waals surface area (Å²) in [5.74, 6) is 0.378. The molecule has 0 saturated heterocycles. The number of nitrogens with zero attached hydrogens (tertiary/aromatic N) is 4. The molecular weight excluding hydrogens is 292 g/mol. The van der Waals surface area contributed by atoms with E-state index in [0.717, 1.165) is 5.56 Å². The van der Waals surface area contributed by atoms with E-state index in [1.54, 1.807) is 17.1 Å². The summed E-state index contributed by atoms with van der Waals surface area (Å²) in [5.41, 5.74) is 1.44. The van der Waals surface area contributed by atoms with E-state index in [1.165, 1.54) is 6.33 Å². The second-order valence-corrected chi connectivity index (χ2v) is 5.49. The smallest absolute Gasteiger partial charge is 0.255 e. The van der Waals surface area contributed by atoms with Crippen molar-refractivity contribution >= 4 is 5.91 Å². The number of carbonyl (C=O) groups is 1. The van der Waals surface area contributed by atoms with Gasteiger partial charge in [-0.25, -0.2) is 4.98 Å². The van der Waals surface area contributed by atoms with Gasteiger partial charge in [0.15, 0.2) is 5.82 Å². The van der Waals surface area contributed by atoms with Crippen molar-refractivity contribution in [2.24, 2.45) is 0 Å². The molecule has 7 nitrogen and oxygen atoms in total. The zero-order valence-electron chi connectivity index (χ0n) is 13.0. The average molecular weight is 310 g/mol. The van der Waals surface area contributed by atoms with Gasteiger partial charge in [0.25, 0.3) is 5.91 Å². The molecule has 118 valence electrons. The van der Waals surface area contributed by atoms with Gasteiger partial charge in [-0.2, -0.15) is 10.2 Å². The minimum absolute atomic E-state index is 0.204. The second-order valence-electron chi connectivity index (χ2n) is 5.49. The molecule has 2 heterocycles. The van der Waals surface area contributed by atoms with Gasteiger partial charge in [0.1, 0.15) is 12.4 Å². The van der Waals surface area contributed by atoms with Gasteiger partial charge in [0.2, 0.25) is 0 Å². The summed E-state index contributed by atoms with van der Waals surface area (Å²) in [6, 6.07) is 9.44. The Morgan fingerprint density at radius 2 is 2.04 bits per heavy atom. The van der Waals surface area contributed by atoms with Gasteiger partial charge < -0.3 is 5.32 Å². The predicted molar refractivity (Wildman–Crippen MR) is 84.7 cm³/mol. The van der Waals surface area contributed by atoms with Crippen molar-refractivity contribution in [1.82, 2.24) is 30.3 Å². The number of nitrogens with one attached hydrogen (secondary N) is 2. The van der Waals surface area contributed by atoms with Crippen molar-refractivity contribution in [3.8, 4) is 0 Å². The molecule has 1 amide bonds. The van der Waals surface area contributed by atoms with Gasteiger partial charge in [-0.1, -0.05) is 30.3 Å². The number of aromatic amines is 1. The third kappa shape index (κ3) is 3.28. The van der Waals surface area contributed by atoms with Gasteiger partial charge in [0.05, 0.1) is 11.8 Å². The van der Waals surface area contributed by atoms with E-state index >= 15 is 0 Å². The highest BCUT2D eigenvalue weighted by Crippen LogP contribution is 2.19. The van der Waals surface area contributed by atoms with E-state index in [1.807, 2.05) is 44.2 Å². The lowest BCUT2D eigenvalue weighted by Crippen LogP contribution is -2.30. The normalized spacial score (nSPS) is 12.3. The quantitative estimate of drug-likeness (QED) is 0.755. The lowest BCUT2D eigenvalue weighted by molar-refractivity contribution is 0.0941. The van der Waals surface area contributed by atoms with Crippen LogP contribution in [0.1, 0.15) is 47.7 Å². The van der Waals surface area contributed by atoms with E-state index in [0.29, 0.717) is 11.4 Å². The van der Waals surface area contributed by atoms with Crippen LogP contribution in [0.15, 0.2) is 49.1 Å². The van der Waals surface area contributed by atoms with Gasteiger partial charge in [0, 0.05) is 12.2 Å². The van der Waals surface area contributed by atoms with Crippen molar-refractivity contribution in [2.75, 3.05) is 0 Å². The molecule has 2 aromatic heterocycles. The maximum atomic E-state index is 12.5. The SMILES string of the molecule is CC(C)n1cc(C(=O)NC(c2ccccc2)c2ncn[nH]2)cn1. The Hall–Kier alpha value is -2.96. The van der Waals surface area contributed by atoms with Crippen LogP contribution in [0.3, 0.4) is 0 Å². The molecule has 23 heavy (non-hydrogen) atoms. The minimum atomic E-state index is -0.395. The molecular formula is C16H18N6O. The van der Waals surface area contributed by atoms with Crippen molar-refractivity contribution in [3.63, 3.8) is 0 Å². The molecule has 1 aromatic carbocycles. The largest absolute Gasteiger partial charge is 0.338 e. The number of benzene rings is 1. The van der Waals surface area contributed by atoms with Crippen LogP contribution in [-0.4, -0.2) is 30.9 Å². The summed E-state index contributed by atoms with van der Waals surface area (Å²) in [7, 11) is 0. The van der Waals surface area contributed by atoms with Crippen LogP contribution in [0.25, 0.3) is 0 Å². The molecule has 0 saturated carbocycles. The summed E-state index contributed by atoms with van der Waals surface area (Å²) in [6.07, 6.45) is 4.73. The van der Waals surface area contributed by atoms with Gasteiger partial charge in [-0.3, -0.25) is 14.6 Å². The molecule has 1 unspecified atom stereocenters. The Morgan fingerprint density at radius 3 is 2.65 bits per heavy atom. The average Bonchev–Trinajstić information content (AvgIpc) is 3.24. The molecule has 7 heteroatoms. The van der Waals surface area contributed by atoms with E-state index in [9.17, 15) is 4.79 Å². The van der Waals surface area contributed by atoms with Crippen LogP contribution in [0.5, 0.6) is 0 Å². The first-order valence-electron chi connectivity index (χ1n) is 7.40. The first-order valence-corrected chi connectivity index (χ1v) is 7.40. The Labute approximate surface area is 133 Å². The summed E-state index contributed by atoms with van der Waals surface area (Å²) < 4.78 is 1.75. The monoisotopic (exact) mass is 310 g/mol. The van der Waals surface area contributed by atoms with E-state index in [4.69, 9.17) is 0 Å². The number of hydrogen-bond acceptors (Lipinski definition) is 4. The van der Waals surface area contributed by atoms with Gasteiger partial charge in [-0.05, 0) is 19.4 Å². The Balaban J connectivity index is 1.85. The van der Waals surface area contributed by atoms with Crippen LogP contribution >= 0.6 is 0 Å². The number of rotatable bonds is 5. The summed E-state index contributed by atoms with van der Waals surface area (Å²) >= 11 is 0. The fourth-order valence-electron chi connectivity index (χ4n) is 2.26. The fraction of sp³-hybridized carbons (Fsp3) is 0.250. The first kappa shape index (κ1) is 15.0. The maximum Gasteiger partial charge on any atom is 0.255 e. The molecule has 0 aliphatic heterocycles. The van der Waals surface area contributed by atoms with E-state index < -0.39 is 6.04 Å². The molecule has 3 aromatic rings. The van der Waals surface area contributed by atoms with E-state index in [-0.39, 0.29) is 11.9 Å². The molecule has 2 N–H and O–H groups in total. The number of aromatic nitrogens is 5. The fourth-order valence-corrected chi connectivity index (χ4v) is 2.26. The molecule has 0 radical (unpaired) electrons. The Kier molecular flexibility index (Phi) is 4.18. The standard InChI is InChI=1S/C16H18N6O/c1-11(2)22-9-13(8-19-22)16(23)20-14(15-17-10-18-21-15)12-6-4-3-5-7-12/h3-11,14H,1-2H3,(H,20,23)(H,17,18,21). The Morgan fingerprint density at radius 1 is 1.26 bits per heavy atom. The zero-order chi connectivity index (χ0) is 16.2. The number of carbonyl (C=O) groups excluding carboxylic acids is 1. The zero-order valence-corrected chi connectivity index (χ0v) is 13.0. The molecule has 0 spiro atoms. The van der Waals surface area contributed by atoms with Gasteiger partial charge in [-0.15, -0.1) is 0 Å². The van der Waals surface area contributed by atoms with Crippen LogP contribution < -0.4 is 5.32 Å². The van der Waals surface area contributed by atoms with E-state index in [2.05, 4.69) is 25.6 Å². The molecule has 0 aliphatic rings. The number of H-pyrrole nitrogens is 1. The van der Waals surface area contributed by atoms with Gasteiger partial charge >= 0.3 is 0 Å². The van der Waals surface area contributed by atoms with Crippen molar-refractivity contribution < 1.29 is 4.79 Å². The maximum absolute atomic E-state index is 12.5. The van der Waals surface area contributed by atoms with Crippen LogP contribution in [0, 0.1) is 0 Å². The highest BCUT2D eigenvalue weighted by atomic mass is 16.1. The van der Waals surface area contributed by atoms with Crippen LogP contribution in [-0.2, 0) is 0 Å². The summed E-state index contributed by atoms with van der Waals surface area (Å²) in [6.45, 7) is 4.02. The highest BCUT2D eigenvalue weighted by Gasteiger charge is 2.21. The van der Waals surface area contributed by atoms with Crippen molar-refractivity contribution in [1.29, 1.82) is 0 Å². The first-order chi connectivity index (χ1) is 11.1. The van der Waals surface area contributed by atoms with Crippen LogP contribution in [0.2, 0.25) is 0 Å². The molecule has 0 bridgehead atoms. The molecule has 1 atom stereocenters. The summed E-state index contributed by atoms with van der Waals surface area (Å²) in [5, 5.41) is 13.9. The minimum Gasteiger partial charge on any atom is -0.338 e. The lowest BCUT2D eigenvalue weighted by Gasteiger charge is -2.16. The third-order valence-corrected chi connectivity index (χ3v) is 3.51. The molecule has 0 fully saturated rings. The Bertz CT molecular complexity index is 763. The predicted octanol–water partition coefficient (Wildman–Crippen LogP) is 2.10. The lowest BCUT2D eigenvalue weighted by atomic mass is 10.1. The second kappa shape index (κ2) is 6.43. The van der Waals surface area contributed by atoms with Crippen molar-refractivity contribution in [2.45, 2.75) is 25.9 Å². The number of amides is 1. The molecule has 0 aliphatic carbocycles. The number of hydrogen-bond donors (Lipinski definition) is 2. The van der Waals surface area contributed by atoms with Crippen LogP contribution in [0.4, 0.5) is 0 Å². The van der Waals surface area contributed by atoms with Crippen molar-refractivity contribution in [3.05, 3.63) is 66.0 Å². The third-order valence-electron chi connectivity index (χ3n) is 3.51. The molecule has 3 rings (SSSR count). The highest BCUT2D eigenvalue weighted by molar-refractivity contribution is 5.94.